The highest BCUT2D eigenvalue weighted by molar-refractivity contribution is 6.07. The van der Waals surface area contributed by atoms with Crippen LogP contribution in [0.25, 0.3) is 78.3 Å². The minimum Gasteiger partial charge on any atom is -0.292 e. The van der Waals surface area contributed by atoms with E-state index >= 15 is 0 Å². The third-order valence-electron chi connectivity index (χ3n) is 8.28. The lowest BCUT2D eigenvalue weighted by Crippen LogP contribution is -2.01. The number of rotatable bonds is 4. The normalized spacial score (nSPS) is 11.7. The van der Waals surface area contributed by atoms with E-state index in [2.05, 4.69) is 74.6 Å². The van der Waals surface area contributed by atoms with Gasteiger partial charge in [0.1, 0.15) is 11.6 Å². The van der Waals surface area contributed by atoms with Gasteiger partial charge in [-0.3, -0.25) is 19.1 Å². The topological polar surface area (TPSA) is 74.3 Å². The summed E-state index contributed by atoms with van der Waals surface area (Å²) in [5.74, 6) is 1.63. The summed E-state index contributed by atoms with van der Waals surface area (Å²) >= 11 is 0. The van der Waals surface area contributed by atoms with Crippen LogP contribution in [-0.4, -0.2) is 34.1 Å². The average Bonchev–Trinajstić information content (AvgIpc) is 3.61. The monoisotopic (exact) mass is 579 g/mol. The van der Waals surface area contributed by atoms with E-state index in [0.29, 0.717) is 0 Å². The van der Waals surface area contributed by atoms with E-state index in [-0.39, 0.29) is 0 Å². The van der Waals surface area contributed by atoms with Crippen molar-refractivity contribution in [3.8, 4) is 34.4 Å². The van der Waals surface area contributed by atoms with E-state index in [1.165, 1.54) is 0 Å². The van der Waals surface area contributed by atoms with Gasteiger partial charge in [0.05, 0.1) is 55.9 Å². The van der Waals surface area contributed by atoms with Crippen LogP contribution < -0.4 is 0 Å². The standard InChI is InChI=1S/C38H25N7/c1-24-22-29(27-12-6-18-35(42-27)44-31-14-4-2-10-25(31)37-33(44)16-8-20-39-37)41-30(23-24)28-13-7-19-36(43-28)45-32-15-5-3-11-26(32)38-34(45)17-9-21-40-38/h2-23H,1H3. The third kappa shape index (κ3) is 4.02. The van der Waals surface area contributed by atoms with Crippen molar-refractivity contribution >= 4 is 43.9 Å². The number of hydrogen-bond donors (Lipinski definition) is 0. The number of nitrogens with zero attached hydrogens (tertiary/aromatic N) is 7. The zero-order valence-corrected chi connectivity index (χ0v) is 24.3. The molecule has 0 saturated heterocycles. The maximum absolute atomic E-state index is 5.13. The molecule has 0 fully saturated rings. The average molecular weight is 580 g/mol. The summed E-state index contributed by atoms with van der Waals surface area (Å²) in [6, 6.07) is 41.0. The Bertz CT molecular complexity index is 2290. The molecule has 45 heavy (non-hydrogen) atoms. The van der Waals surface area contributed by atoms with Gasteiger partial charge in [-0.1, -0.05) is 48.5 Å². The molecule has 0 radical (unpaired) electrons. The van der Waals surface area contributed by atoms with Crippen LogP contribution in [0.2, 0.25) is 0 Å². The van der Waals surface area contributed by atoms with E-state index in [4.69, 9.17) is 15.0 Å². The highest BCUT2D eigenvalue weighted by Gasteiger charge is 2.17. The lowest BCUT2D eigenvalue weighted by Gasteiger charge is -2.11. The van der Waals surface area contributed by atoms with Crippen LogP contribution in [0, 0.1) is 6.92 Å². The smallest absolute Gasteiger partial charge is 0.138 e. The summed E-state index contributed by atoms with van der Waals surface area (Å²) in [6.45, 7) is 2.08. The van der Waals surface area contributed by atoms with E-state index in [1.807, 2.05) is 85.2 Å². The zero-order chi connectivity index (χ0) is 29.9. The second-order valence-electron chi connectivity index (χ2n) is 11.1. The second-order valence-corrected chi connectivity index (χ2v) is 11.1. The van der Waals surface area contributed by atoms with Crippen molar-refractivity contribution in [2.75, 3.05) is 0 Å². The molecular weight excluding hydrogens is 554 g/mol. The summed E-state index contributed by atoms with van der Waals surface area (Å²) in [7, 11) is 0. The van der Waals surface area contributed by atoms with Gasteiger partial charge in [-0.25, -0.2) is 15.0 Å². The molecule has 212 valence electrons. The molecule has 0 atom stereocenters. The van der Waals surface area contributed by atoms with Crippen LogP contribution in [-0.2, 0) is 0 Å². The first-order valence-corrected chi connectivity index (χ1v) is 14.9. The maximum atomic E-state index is 5.13. The molecular formula is C38H25N7. The van der Waals surface area contributed by atoms with Gasteiger partial charge in [-0.2, -0.15) is 0 Å². The molecule has 0 aliphatic heterocycles. The van der Waals surface area contributed by atoms with Crippen molar-refractivity contribution in [3.63, 3.8) is 0 Å². The molecule has 0 unspecified atom stereocenters. The molecule has 7 aromatic heterocycles. The summed E-state index contributed by atoms with van der Waals surface area (Å²) in [4.78, 5) is 24.7. The second kappa shape index (κ2) is 9.92. The fourth-order valence-corrected chi connectivity index (χ4v) is 6.37. The maximum Gasteiger partial charge on any atom is 0.138 e. The summed E-state index contributed by atoms with van der Waals surface area (Å²) in [5.41, 5.74) is 10.3. The van der Waals surface area contributed by atoms with Gasteiger partial charge in [0.15, 0.2) is 0 Å². The van der Waals surface area contributed by atoms with Crippen LogP contribution in [0.15, 0.2) is 134 Å². The fraction of sp³-hybridized carbons (Fsp3) is 0.0263. The SMILES string of the molecule is Cc1cc(-c2cccc(-n3c4ccccc4c4ncccc43)n2)nc(-c2cccc(-n3c4ccccc4c4ncccc43)n2)c1. The first kappa shape index (κ1) is 25.3. The fourth-order valence-electron chi connectivity index (χ4n) is 6.37. The number of benzene rings is 2. The Labute approximate surface area is 258 Å². The van der Waals surface area contributed by atoms with Crippen molar-refractivity contribution in [1.82, 2.24) is 34.1 Å². The summed E-state index contributed by atoms with van der Waals surface area (Å²) in [5, 5.41) is 2.20. The molecule has 7 heteroatoms. The van der Waals surface area contributed by atoms with E-state index in [1.54, 1.807) is 0 Å². The van der Waals surface area contributed by atoms with Crippen LogP contribution >= 0.6 is 0 Å². The van der Waals surface area contributed by atoms with E-state index < -0.39 is 0 Å². The van der Waals surface area contributed by atoms with Gasteiger partial charge in [-0.05, 0) is 85.3 Å². The van der Waals surface area contributed by atoms with Crippen molar-refractivity contribution < 1.29 is 0 Å². The predicted molar refractivity (Wildman–Crippen MR) is 180 cm³/mol. The molecule has 2 aromatic carbocycles. The van der Waals surface area contributed by atoms with Crippen molar-refractivity contribution in [2.24, 2.45) is 0 Å². The van der Waals surface area contributed by atoms with Gasteiger partial charge in [0.2, 0.25) is 0 Å². The Kier molecular flexibility index (Phi) is 5.58. The Morgan fingerprint density at radius 3 is 1.40 bits per heavy atom. The molecule has 0 bridgehead atoms. The lowest BCUT2D eigenvalue weighted by molar-refractivity contribution is 1.07. The minimum atomic E-state index is 0.789. The van der Waals surface area contributed by atoms with Crippen LogP contribution in [0.3, 0.4) is 0 Å². The van der Waals surface area contributed by atoms with Gasteiger partial charge in [0.25, 0.3) is 0 Å². The predicted octanol–water partition coefficient (Wildman–Crippen LogP) is 8.50. The number of aryl methyl sites for hydroxylation is 1. The van der Waals surface area contributed by atoms with Crippen molar-refractivity contribution in [1.29, 1.82) is 0 Å². The van der Waals surface area contributed by atoms with Crippen molar-refractivity contribution in [2.45, 2.75) is 6.92 Å². The molecule has 0 saturated carbocycles. The molecule has 7 heterocycles. The van der Waals surface area contributed by atoms with E-state index in [0.717, 1.165) is 83.8 Å². The molecule has 9 aromatic rings. The number of hydrogen-bond acceptors (Lipinski definition) is 5. The van der Waals surface area contributed by atoms with Crippen LogP contribution in [0.4, 0.5) is 0 Å². The van der Waals surface area contributed by atoms with Gasteiger partial charge < -0.3 is 0 Å². The molecule has 0 aliphatic carbocycles. The molecule has 0 spiro atoms. The molecule has 0 amide bonds. The summed E-state index contributed by atoms with van der Waals surface area (Å²) in [6.07, 6.45) is 3.67. The molecule has 0 aliphatic rings. The highest BCUT2D eigenvalue weighted by atomic mass is 15.1. The number of fused-ring (bicyclic) bond motifs is 6. The molecule has 7 nitrogen and oxygen atoms in total. The minimum absolute atomic E-state index is 0.789. The van der Waals surface area contributed by atoms with Gasteiger partial charge in [0, 0.05) is 23.2 Å². The summed E-state index contributed by atoms with van der Waals surface area (Å²) < 4.78 is 4.34. The van der Waals surface area contributed by atoms with Gasteiger partial charge in [-0.15, -0.1) is 0 Å². The Balaban J connectivity index is 1.17. The first-order valence-electron chi connectivity index (χ1n) is 14.9. The third-order valence-corrected chi connectivity index (χ3v) is 8.28. The number of aromatic nitrogens is 7. The van der Waals surface area contributed by atoms with Crippen LogP contribution in [0.5, 0.6) is 0 Å². The molecule has 9 rings (SSSR count). The number of para-hydroxylation sites is 2. The first-order chi connectivity index (χ1) is 22.2. The van der Waals surface area contributed by atoms with E-state index in [9.17, 15) is 0 Å². The Morgan fingerprint density at radius 2 is 0.889 bits per heavy atom. The quantitative estimate of drug-likeness (QED) is 0.209. The van der Waals surface area contributed by atoms with Gasteiger partial charge >= 0.3 is 0 Å². The zero-order valence-electron chi connectivity index (χ0n) is 24.3. The van der Waals surface area contributed by atoms with Crippen LogP contribution in [0.1, 0.15) is 5.56 Å². The molecule has 0 N–H and O–H groups in total. The Hall–Kier alpha value is -6.21. The highest BCUT2D eigenvalue weighted by Crippen LogP contribution is 2.32. The number of pyridine rings is 5. The largest absolute Gasteiger partial charge is 0.292 e. The lowest BCUT2D eigenvalue weighted by atomic mass is 10.1. The van der Waals surface area contributed by atoms with Crippen molar-refractivity contribution in [3.05, 3.63) is 139 Å². The Morgan fingerprint density at radius 1 is 0.422 bits per heavy atom.